The summed E-state index contributed by atoms with van der Waals surface area (Å²) in [4.78, 5) is 8.14. The molecule has 0 amide bonds. The van der Waals surface area contributed by atoms with Crippen molar-refractivity contribution in [3.8, 4) is 5.75 Å². The van der Waals surface area contributed by atoms with Crippen molar-refractivity contribution in [1.29, 1.82) is 0 Å². The minimum atomic E-state index is 0.185. The minimum Gasteiger partial charge on any atom is -0.497 e. The molecule has 0 radical (unpaired) electrons. The molecule has 0 atom stereocenters. The summed E-state index contributed by atoms with van der Waals surface area (Å²) < 4.78 is 5.30. The summed E-state index contributed by atoms with van der Waals surface area (Å²) in [5.74, 6) is 0.829. The Morgan fingerprint density at radius 1 is 0.880 bits per heavy atom. The van der Waals surface area contributed by atoms with E-state index in [0.717, 1.165) is 21.9 Å². The van der Waals surface area contributed by atoms with E-state index in [1.807, 2.05) is 30.3 Å². The Bertz CT molecular complexity index is 928. The van der Waals surface area contributed by atoms with E-state index in [4.69, 9.17) is 9.72 Å². The fraction of sp³-hybridized carbons (Fsp3) is 0.0952. The summed E-state index contributed by atoms with van der Waals surface area (Å²) in [6.45, 7) is 0. The van der Waals surface area contributed by atoms with Crippen LogP contribution >= 0.6 is 11.8 Å². The first-order chi connectivity index (χ1) is 12.3. The smallest absolute Gasteiger partial charge is 0.167 e. The summed E-state index contributed by atoms with van der Waals surface area (Å²) in [6.07, 6.45) is 0. The Morgan fingerprint density at radius 2 is 1.52 bits per heavy atom. The number of aromatic amines is 1. The molecule has 0 aliphatic heterocycles. The maximum Gasteiger partial charge on any atom is 0.167 e. The van der Waals surface area contributed by atoms with Crippen LogP contribution in [0.25, 0.3) is 11.0 Å². The SMILES string of the molecule is COc1ccc2nc(SC(c3ccccc3)c3ccccc3)[nH]c2c1. The van der Waals surface area contributed by atoms with E-state index in [-0.39, 0.29) is 5.25 Å². The number of aromatic nitrogens is 2. The van der Waals surface area contributed by atoms with E-state index >= 15 is 0 Å². The fourth-order valence-electron chi connectivity index (χ4n) is 2.84. The quantitative estimate of drug-likeness (QED) is 0.488. The Kier molecular flexibility index (Phi) is 4.44. The molecule has 0 bridgehead atoms. The van der Waals surface area contributed by atoms with Gasteiger partial charge in [-0.05, 0) is 23.3 Å². The molecule has 0 saturated carbocycles. The predicted octanol–water partition coefficient (Wildman–Crippen LogP) is 5.45. The van der Waals surface area contributed by atoms with Crippen molar-refractivity contribution in [3.05, 3.63) is 90.0 Å². The van der Waals surface area contributed by atoms with Gasteiger partial charge in [-0.1, -0.05) is 72.4 Å². The topological polar surface area (TPSA) is 37.9 Å². The molecule has 0 saturated heterocycles. The van der Waals surface area contributed by atoms with E-state index in [1.54, 1.807) is 18.9 Å². The molecule has 0 aliphatic rings. The molecule has 0 unspecified atom stereocenters. The Labute approximate surface area is 151 Å². The number of H-pyrrole nitrogens is 1. The molecule has 0 spiro atoms. The lowest BCUT2D eigenvalue weighted by atomic mass is 10.0. The van der Waals surface area contributed by atoms with E-state index in [0.29, 0.717) is 0 Å². The third-order valence-corrected chi connectivity index (χ3v) is 5.30. The van der Waals surface area contributed by atoms with Crippen LogP contribution in [-0.2, 0) is 0 Å². The standard InChI is InChI=1S/C21H18N2OS/c1-24-17-12-13-18-19(14-17)23-21(22-18)25-20(15-8-4-2-5-9-15)16-10-6-3-7-11-16/h2-14,20H,1H3,(H,22,23). The summed E-state index contributed by atoms with van der Waals surface area (Å²) in [5.41, 5.74) is 4.46. The Morgan fingerprint density at radius 3 is 2.12 bits per heavy atom. The molecule has 124 valence electrons. The predicted molar refractivity (Wildman–Crippen MR) is 103 cm³/mol. The monoisotopic (exact) mass is 346 g/mol. The molecular formula is C21H18N2OS. The normalized spacial score (nSPS) is 11.1. The number of nitrogens with zero attached hydrogens (tertiary/aromatic N) is 1. The van der Waals surface area contributed by atoms with Crippen molar-refractivity contribution in [2.24, 2.45) is 0 Å². The van der Waals surface area contributed by atoms with Gasteiger partial charge in [0, 0.05) is 6.07 Å². The van der Waals surface area contributed by atoms with Crippen LogP contribution in [0.4, 0.5) is 0 Å². The van der Waals surface area contributed by atoms with Crippen LogP contribution in [0.15, 0.2) is 84.0 Å². The third kappa shape index (κ3) is 3.39. The molecule has 0 aliphatic carbocycles. The van der Waals surface area contributed by atoms with Crippen LogP contribution in [0.5, 0.6) is 5.75 Å². The zero-order valence-corrected chi connectivity index (χ0v) is 14.7. The average molecular weight is 346 g/mol. The number of methoxy groups -OCH3 is 1. The highest BCUT2D eigenvalue weighted by Crippen LogP contribution is 2.39. The molecule has 3 nitrogen and oxygen atoms in total. The highest BCUT2D eigenvalue weighted by atomic mass is 32.2. The van der Waals surface area contributed by atoms with E-state index in [9.17, 15) is 0 Å². The van der Waals surface area contributed by atoms with Gasteiger partial charge < -0.3 is 9.72 Å². The molecule has 25 heavy (non-hydrogen) atoms. The third-order valence-electron chi connectivity index (χ3n) is 4.10. The van der Waals surface area contributed by atoms with Gasteiger partial charge in [-0.15, -0.1) is 0 Å². The molecular weight excluding hydrogens is 328 g/mol. The Hall–Kier alpha value is -2.72. The summed E-state index contributed by atoms with van der Waals surface area (Å²) >= 11 is 1.73. The van der Waals surface area contributed by atoms with E-state index in [2.05, 4.69) is 53.5 Å². The van der Waals surface area contributed by atoms with Gasteiger partial charge in [0.25, 0.3) is 0 Å². The van der Waals surface area contributed by atoms with Crippen LogP contribution in [0, 0.1) is 0 Å². The zero-order chi connectivity index (χ0) is 17.1. The molecule has 3 aromatic carbocycles. The van der Waals surface area contributed by atoms with Crippen LogP contribution in [0.2, 0.25) is 0 Å². The van der Waals surface area contributed by atoms with Crippen molar-refractivity contribution >= 4 is 22.8 Å². The second-order valence-electron chi connectivity index (χ2n) is 5.74. The van der Waals surface area contributed by atoms with Gasteiger partial charge in [0.2, 0.25) is 0 Å². The van der Waals surface area contributed by atoms with Crippen molar-refractivity contribution < 1.29 is 4.74 Å². The van der Waals surface area contributed by atoms with Crippen LogP contribution < -0.4 is 4.74 Å². The van der Waals surface area contributed by atoms with Crippen LogP contribution in [0.1, 0.15) is 16.4 Å². The van der Waals surface area contributed by atoms with Gasteiger partial charge in [-0.25, -0.2) is 4.98 Å². The molecule has 4 heteroatoms. The highest BCUT2D eigenvalue weighted by Gasteiger charge is 2.17. The second-order valence-corrected chi connectivity index (χ2v) is 6.84. The first kappa shape index (κ1) is 15.8. The summed E-state index contributed by atoms with van der Waals surface area (Å²) in [7, 11) is 1.67. The number of hydrogen-bond acceptors (Lipinski definition) is 3. The van der Waals surface area contributed by atoms with Crippen molar-refractivity contribution in [3.63, 3.8) is 0 Å². The van der Waals surface area contributed by atoms with Crippen LogP contribution in [0.3, 0.4) is 0 Å². The number of ether oxygens (including phenoxy) is 1. The van der Waals surface area contributed by atoms with Gasteiger partial charge in [-0.3, -0.25) is 0 Å². The second kappa shape index (κ2) is 7.03. The molecule has 4 aromatic rings. The average Bonchev–Trinajstić information content (AvgIpc) is 3.09. The number of thioether (sulfide) groups is 1. The largest absolute Gasteiger partial charge is 0.497 e. The Balaban J connectivity index is 1.71. The summed E-state index contributed by atoms with van der Waals surface area (Å²) in [5, 5.41) is 1.09. The van der Waals surface area contributed by atoms with Gasteiger partial charge in [0.1, 0.15) is 5.75 Å². The van der Waals surface area contributed by atoms with Gasteiger partial charge in [0.15, 0.2) is 5.16 Å². The van der Waals surface area contributed by atoms with Crippen molar-refractivity contribution in [2.45, 2.75) is 10.4 Å². The maximum atomic E-state index is 5.30. The molecule has 1 heterocycles. The number of hydrogen-bond donors (Lipinski definition) is 1. The number of rotatable bonds is 5. The van der Waals surface area contributed by atoms with Crippen molar-refractivity contribution in [1.82, 2.24) is 9.97 Å². The number of imidazole rings is 1. The summed E-state index contributed by atoms with van der Waals surface area (Å²) in [6, 6.07) is 27.0. The van der Waals surface area contributed by atoms with Crippen molar-refractivity contribution in [2.75, 3.05) is 7.11 Å². The number of fused-ring (bicyclic) bond motifs is 1. The molecule has 4 rings (SSSR count). The number of nitrogens with one attached hydrogen (secondary N) is 1. The minimum absolute atomic E-state index is 0.185. The van der Waals surface area contributed by atoms with Gasteiger partial charge in [0.05, 0.1) is 23.4 Å². The number of benzene rings is 3. The molecule has 1 aromatic heterocycles. The lowest BCUT2D eigenvalue weighted by Crippen LogP contribution is -1.97. The van der Waals surface area contributed by atoms with Gasteiger partial charge in [-0.2, -0.15) is 0 Å². The lowest BCUT2D eigenvalue weighted by molar-refractivity contribution is 0.415. The van der Waals surface area contributed by atoms with Crippen LogP contribution in [-0.4, -0.2) is 17.1 Å². The van der Waals surface area contributed by atoms with E-state index in [1.165, 1.54) is 11.1 Å². The zero-order valence-electron chi connectivity index (χ0n) is 13.8. The first-order valence-electron chi connectivity index (χ1n) is 8.14. The lowest BCUT2D eigenvalue weighted by Gasteiger charge is -2.16. The maximum absolute atomic E-state index is 5.30. The van der Waals surface area contributed by atoms with E-state index < -0.39 is 0 Å². The molecule has 1 N–H and O–H groups in total. The fourth-order valence-corrected chi connectivity index (χ4v) is 3.97. The highest BCUT2D eigenvalue weighted by molar-refractivity contribution is 7.99. The first-order valence-corrected chi connectivity index (χ1v) is 9.02. The molecule has 0 fully saturated rings. The van der Waals surface area contributed by atoms with Gasteiger partial charge >= 0.3 is 0 Å².